The Labute approximate surface area is 73.0 Å². The second-order valence-electron chi connectivity index (χ2n) is 3.63. The standard InChI is InChI=1S/C11H12N/c1-2-5-10-9(4-1)8-12-7-3-6-11(10)12/h1-2,4-5H,3,6-8H2. The van der Waals surface area contributed by atoms with Crippen molar-refractivity contribution in [2.24, 2.45) is 0 Å². The van der Waals surface area contributed by atoms with Gasteiger partial charge in [-0.15, -0.1) is 0 Å². The lowest BCUT2D eigenvalue weighted by Crippen LogP contribution is -2.15. The van der Waals surface area contributed by atoms with Gasteiger partial charge in [-0.3, -0.25) is 4.90 Å². The van der Waals surface area contributed by atoms with E-state index in [1.165, 1.54) is 30.5 Å². The smallest absolute Gasteiger partial charge is 0.0695 e. The maximum atomic E-state index is 2.52. The van der Waals surface area contributed by atoms with Crippen molar-refractivity contribution in [2.45, 2.75) is 19.4 Å². The molecule has 0 saturated carbocycles. The summed E-state index contributed by atoms with van der Waals surface area (Å²) in [5.41, 5.74) is 3.03. The Hall–Kier alpha value is -0.820. The zero-order valence-corrected chi connectivity index (χ0v) is 7.09. The van der Waals surface area contributed by atoms with Crippen LogP contribution in [-0.4, -0.2) is 11.4 Å². The van der Waals surface area contributed by atoms with Crippen LogP contribution in [0.2, 0.25) is 0 Å². The monoisotopic (exact) mass is 158 g/mol. The molecule has 61 valence electrons. The van der Waals surface area contributed by atoms with E-state index < -0.39 is 0 Å². The zero-order valence-electron chi connectivity index (χ0n) is 7.09. The molecule has 1 heteroatoms. The predicted octanol–water partition coefficient (Wildman–Crippen LogP) is 2.18. The molecule has 1 aromatic rings. The number of fused-ring (bicyclic) bond motifs is 3. The molecule has 0 spiro atoms. The van der Waals surface area contributed by atoms with Crippen LogP contribution in [0.3, 0.4) is 0 Å². The first-order valence-electron chi connectivity index (χ1n) is 4.64. The molecule has 0 aromatic heterocycles. The number of hydrogen-bond acceptors (Lipinski definition) is 1. The van der Waals surface area contributed by atoms with E-state index in [-0.39, 0.29) is 0 Å². The molecule has 3 rings (SSSR count). The Balaban J connectivity index is 2.09. The van der Waals surface area contributed by atoms with Gasteiger partial charge >= 0.3 is 0 Å². The molecule has 2 aliphatic rings. The molecule has 0 aliphatic carbocycles. The van der Waals surface area contributed by atoms with Crippen LogP contribution in [0.15, 0.2) is 24.3 Å². The Morgan fingerprint density at radius 3 is 3.08 bits per heavy atom. The van der Waals surface area contributed by atoms with E-state index in [0.717, 1.165) is 6.54 Å². The highest BCUT2D eigenvalue weighted by molar-refractivity contribution is 5.43. The van der Waals surface area contributed by atoms with Gasteiger partial charge in [0, 0.05) is 6.54 Å². The van der Waals surface area contributed by atoms with Gasteiger partial charge in [0.1, 0.15) is 0 Å². The fourth-order valence-corrected chi connectivity index (χ4v) is 2.36. The van der Waals surface area contributed by atoms with Crippen LogP contribution in [0.4, 0.5) is 0 Å². The van der Waals surface area contributed by atoms with Crippen LogP contribution >= 0.6 is 0 Å². The van der Waals surface area contributed by atoms with Crippen LogP contribution in [0.25, 0.3) is 0 Å². The summed E-state index contributed by atoms with van der Waals surface area (Å²) in [7, 11) is 0. The molecule has 1 aromatic carbocycles. The van der Waals surface area contributed by atoms with Gasteiger partial charge in [-0.25, -0.2) is 0 Å². The summed E-state index contributed by atoms with van der Waals surface area (Å²) in [6, 6.07) is 10.4. The minimum atomic E-state index is 1.16. The van der Waals surface area contributed by atoms with E-state index in [2.05, 4.69) is 29.2 Å². The third-order valence-electron chi connectivity index (χ3n) is 2.91. The van der Waals surface area contributed by atoms with Gasteiger partial charge in [-0.05, 0) is 30.5 Å². The number of rotatable bonds is 0. The van der Waals surface area contributed by atoms with Crippen LogP contribution in [0.1, 0.15) is 24.0 Å². The lowest BCUT2D eigenvalue weighted by atomic mass is 10.0. The molecule has 0 amide bonds. The van der Waals surface area contributed by atoms with E-state index in [9.17, 15) is 0 Å². The average molecular weight is 158 g/mol. The fraction of sp³-hybridized carbons (Fsp3) is 0.364. The molecule has 2 aliphatic heterocycles. The first-order valence-corrected chi connectivity index (χ1v) is 4.64. The van der Waals surface area contributed by atoms with E-state index in [1.807, 2.05) is 0 Å². The maximum Gasteiger partial charge on any atom is 0.0695 e. The van der Waals surface area contributed by atoms with Gasteiger partial charge < -0.3 is 0 Å². The summed E-state index contributed by atoms with van der Waals surface area (Å²) >= 11 is 0. The van der Waals surface area contributed by atoms with Crippen LogP contribution in [0, 0.1) is 6.04 Å². The van der Waals surface area contributed by atoms with Crippen molar-refractivity contribution in [1.82, 2.24) is 4.90 Å². The summed E-state index contributed by atoms with van der Waals surface area (Å²) in [5, 5.41) is 0. The third-order valence-corrected chi connectivity index (χ3v) is 2.91. The van der Waals surface area contributed by atoms with Crippen molar-refractivity contribution in [2.75, 3.05) is 6.54 Å². The Morgan fingerprint density at radius 1 is 1.17 bits per heavy atom. The summed E-state index contributed by atoms with van der Waals surface area (Å²) in [6.45, 7) is 2.43. The van der Waals surface area contributed by atoms with Gasteiger partial charge in [-0.1, -0.05) is 24.3 Å². The lowest BCUT2D eigenvalue weighted by molar-refractivity contribution is 0.373. The van der Waals surface area contributed by atoms with Crippen molar-refractivity contribution in [1.29, 1.82) is 0 Å². The SMILES string of the molecule is c1ccc2c(c1)CN1CCC[C]21. The Kier molecular flexibility index (Phi) is 1.30. The molecule has 0 N–H and O–H groups in total. The van der Waals surface area contributed by atoms with Gasteiger partial charge in [0.2, 0.25) is 0 Å². The molecule has 1 radical (unpaired) electrons. The van der Waals surface area contributed by atoms with Gasteiger partial charge in [0.25, 0.3) is 0 Å². The molecule has 0 atom stereocenters. The van der Waals surface area contributed by atoms with Crippen molar-refractivity contribution >= 4 is 0 Å². The Morgan fingerprint density at radius 2 is 2.08 bits per heavy atom. The Bertz CT molecular complexity index is 306. The molecule has 1 fully saturated rings. The van der Waals surface area contributed by atoms with Crippen molar-refractivity contribution in [3.63, 3.8) is 0 Å². The minimum absolute atomic E-state index is 1.16. The summed E-state index contributed by atoms with van der Waals surface area (Å²) in [4.78, 5) is 2.52. The third kappa shape index (κ3) is 0.774. The summed E-state index contributed by atoms with van der Waals surface area (Å²) in [6.07, 6.45) is 2.64. The first kappa shape index (κ1) is 6.67. The quantitative estimate of drug-likeness (QED) is 0.559. The topological polar surface area (TPSA) is 3.24 Å². The van der Waals surface area contributed by atoms with Crippen molar-refractivity contribution in [3.8, 4) is 0 Å². The molecule has 1 saturated heterocycles. The molecule has 12 heavy (non-hydrogen) atoms. The van der Waals surface area contributed by atoms with Gasteiger partial charge in [0.05, 0.1) is 6.04 Å². The second-order valence-corrected chi connectivity index (χ2v) is 3.63. The van der Waals surface area contributed by atoms with Gasteiger partial charge in [0.15, 0.2) is 0 Å². The number of nitrogens with zero attached hydrogens (tertiary/aromatic N) is 1. The highest BCUT2D eigenvalue weighted by atomic mass is 15.2. The fourth-order valence-electron chi connectivity index (χ4n) is 2.36. The summed E-state index contributed by atoms with van der Waals surface area (Å²) < 4.78 is 0. The van der Waals surface area contributed by atoms with Crippen molar-refractivity contribution in [3.05, 3.63) is 41.4 Å². The molecular weight excluding hydrogens is 146 g/mol. The average Bonchev–Trinajstić information content (AvgIpc) is 2.62. The zero-order chi connectivity index (χ0) is 7.97. The van der Waals surface area contributed by atoms with Crippen LogP contribution in [-0.2, 0) is 6.54 Å². The van der Waals surface area contributed by atoms with Gasteiger partial charge in [-0.2, -0.15) is 0 Å². The normalized spacial score (nSPS) is 22.7. The van der Waals surface area contributed by atoms with Crippen molar-refractivity contribution < 1.29 is 0 Å². The molecule has 0 bridgehead atoms. The van der Waals surface area contributed by atoms with Crippen LogP contribution < -0.4 is 0 Å². The summed E-state index contributed by atoms with van der Waals surface area (Å²) in [5.74, 6) is 0. The molecule has 1 nitrogen and oxygen atoms in total. The molecule has 0 unspecified atom stereocenters. The number of benzene rings is 1. The second kappa shape index (κ2) is 2.33. The highest BCUT2D eigenvalue weighted by Gasteiger charge is 2.33. The van der Waals surface area contributed by atoms with E-state index >= 15 is 0 Å². The van der Waals surface area contributed by atoms with E-state index in [1.54, 1.807) is 6.04 Å². The molecular formula is C11H12N. The largest absolute Gasteiger partial charge is 0.287 e. The van der Waals surface area contributed by atoms with E-state index in [0.29, 0.717) is 0 Å². The minimum Gasteiger partial charge on any atom is -0.287 e. The maximum absolute atomic E-state index is 2.52. The van der Waals surface area contributed by atoms with Crippen LogP contribution in [0.5, 0.6) is 0 Å². The lowest BCUT2D eigenvalue weighted by Gasteiger charge is -2.12. The number of hydrogen-bond donors (Lipinski definition) is 0. The van der Waals surface area contributed by atoms with E-state index in [4.69, 9.17) is 0 Å². The first-order chi connectivity index (χ1) is 5.95. The highest BCUT2D eigenvalue weighted by Crippen LogP contribution is 2.39. The predicted molar refractivity (Wildman–Crippen MR) is 48.4 cm³/mol. The molecule has 2 heterocycles.